The molecule has 0 heterocycles. The zero-order valence-corrected chi connectivity index (χ0v) is 9.42. The van der Waals surface area contributed by atoms with Gasteiger partial charge in [0, 0.05) is 11.5 Å². The highest BCUT2D eigenvalue weighted by molar-refractivity contribution is 6.29. The number of Topliss-reactive ketones (excluding diaryl/α,β-unsaturated/α-hetero) is 1. The fourth-order valence-corrected chi connectivity index (χ4v) is 3.08. The summed E-state index contributed by atoms with van der Waals surface area (Å²) in [4.78, 5) is 11.8. The molecule has 0 spiro atoms. The van der Waals surface area contributed by atoms with Crippen molar-refractivity contribution in [1.29, 1.82) is 0 Å². The van der Waals surface area contributed by atoms with Crippen molar-refractivity contribution in [1.82, 2.24) is 0 Å². The van der Waals surface area contributed by atoms with Crippen LogP contribution in [-0.4, -0.2) is 27.7 Å². The number of ketones is 1. The highest BCUT2D eigenvalue weighted by Gasteiger charge is 2.60. The molecule has 0 amide bonds. The molecular weight excluding hydrogens is 216 g/mol. The van der Waals surface area contributed by atoms with Crippen molar-refractivity contribution in [3.63, 3.8) is 0 Å². The summed E-state index contributed by atoms with van der Waals surface area (Å²) in [5.74, 6) is -0.00231. The van der Waals surface area contributed by atoms with Gasteiger partial charge in [-0.15, -0.1) is 0 Å². The number of fused-ring (bicyclic) bond motifs is 1. The van der Waals surface area contributed by atoms with Crippen LogP contribution in [0.2, 0.25) is 0 Å². The van der Waals surface area contributed by atoms with E-state index in [1.54, 1.807) is 13.0 Å². The highest BCUT2D eigenvalue weighted by Crippen LogP contribution is 2.52. The van der Waals surface area contributed by atoms with Crippen LogP contribution >= 0.6 is 11.6 Å². The normalized spacial score (nSPS) is 46.0. The Kier molecular flexibility index (Phi) is 2.45. The molecule has 0 radical (unpaired) electrons. The molecule has 84 valence electrons. The molecule has 1 fully saturated rings. The predicted molar refractivity (Wildman–Crippen MR) is 56.5 cm³/mol. The van der Waals surface area contributed by atoms with Gasteiger partial charge in [-0.05, 0) is 26.2 Å². The van der Waals surface area contributed by atoms with E-state index < -0.39 is 17.1 Å². The van der Waals surface area contributed by atoms with E-state index >= 15 is 0 Å². The molecule has 1 saturated carbocycles. The van der Waals surface area contributed by atoms with Crippen LogP contribution in [0.15, 0.2) is 11.1 Å². The van der Waals surface area contributed by atoms with Gasteiger partial charge in [0.15, 0.2) is 0 Å². The molecule has 2 rings (SSSR count). The Morgan fingerprint density at radius 3 is 2.93 bits per heavy atom. The lowest BCUT2D eigenvalue weighted by molar-refractivity contribution is -0.152. The van der Waals surface area contributed by atoms with Gasteiger partial charge in [0.05, 0.1) is 11.5 Å². The molecule has 0 aliphatic heterocycles. The van der Waals surface area contributed by atoms with Crippen molar-refractivity contribution >= 4 is 17.4 Å². The number of hydrogen-bond donors (Lipinski definition) is 2. The first-order valence-electron chi connectivity index (χ1n) is 5.18. The molecular formula is C11H15ClO3. The Bertz CT molecular complexity index is 339. The van der Waals surface area contributed by atoms with E-state index in [-0.39, 0.29) is 5.78 Å². The minimum absolute atomic E-state index is 0.00231. The maximum atomic E-state index is 11.8. The Labute approximate surface area is 93.7 Å². The second-order valence-electron chi connectivity index (χ2n) is 4.76. The van der Waals surface area contributed by atoms with E-state index in [0.29, 0.717) is 30.7 Å². The SMILES string of the molecule is C[C@]12CC(Cl)=CC[C@@H](O)[C@]1(O)CCC2=O. The van der Waals surface area contributed by atoms with Crippen LogP contribution in [0.1, 0.15) is 32.6 Å². The van der Waals surface area contributed by atoms with Crippen LogP contribution in [0.25, 0.3) is 0 Å². The summed E-state index contributed by atoms with van der Waals surface area (Å²) in [6.45, 7) is 1.70. The van der Waals surface area contributed by atoms with Crippen molar-refractivity contribution in [2.45, 2.75) is 44.3 Å². The fourth-order valence-electron chi connectivity index (χ4n) is 2.73. The molecule has 0 saturated heterocycles. The molecule has 0 aromatic heterocycles. The number of allylic oxidation sites excluding steroid dienone is 1. The minimum atomic E-state index is -1.31. The minimum Gasteiger partial charge on any atom is -0.390 e. The third-order valence-electron chi connectivity index (χ3n) is 3.94. The zero-order chi connectivity index (χ0) is 11.3. The Hall–Kier alpha value is -0.380. The van der Waals surface area contributed by atoms with E-state index in [1.165, 1.54) is 0 Å². The number of hydrogen-bond acceptors (Lipinski definition) is 3. The van der Waals surface area contributed by atoms with Gasteiger partial charge in [0.25, 0.3) is 0 Å². The van der Waals surface area contributed by atoms with Crippen molar-refractivity contribution in [2.75, 3.05) is 0 Å². The fraction of sp³-hybridized carbons (Fsp3) is 0.727. The summed E-state index contributed by atoms with van der Waals surface area (Å²) in [5, 5.41) is 20.9. The molecule has 2 aliphatic rings. The summed E-state index contributed by atoms with van der Waals surface area (Å²) < 4.78 is 0. The molecule has 2 aliphatic carbocycles. The third kappa shape index (κ3) is 1.37. The van der Waals surface area contributed by atoms with E-state index in [4.69, 9.17) is 11.6 Å². The molecule has 3 nitrogen and oxygen atoms in total. The van der Waals surface area contributed by atoms with Crippen LogP contribution in [0.3, 0.4) is 0 Å². The van der Waals surface area contributed by atoms with Crippen LogP contribution in [0, 0.1) is 5.41 Å². The maximum absolute atomic E-state index is 11.8. The maximum Gasteiger partial charge on any atom is 0.142 e. The number of aliphatic hydroxyl groups excluding tert-OH is 1. The van der Waals surface area contributed by atoms with E-state index in [9.17, 15) is 15.0 Å². The van der Waals surface area contributed by atoms with E-state index in [1.807, 2.05) is 0 Å². The van der Waals surface area contributed by atoms with Gasteiger partial charge >= 0.3 is 0 Å². The summed E-state index contributed by atoms with van der Waals surface area (Å²) in [7, 11) is 0. The van der Waals surface area contributed by atoms with Gasteiger partial charge < -0.3 is 10.2 Å². The number of carbonyl (C=O) groups excluding carboxylic acids is 1. The lowest BCUT2D eigenvalue weighted by Gasteiger charge is -2.39. The van der Waals surface area contributed by atoms with Gasteiger partial charge in [-0.25, -0.2) is 0 Å². The predicted octanol–water partition coefficient (Wildman–Crippen LogP) is 1.36. The molecule has 0 aromatic carbocycles. The zero-order valence-electron chi connectivity index (χ0n) is 8.66. The quantitative estimate of drug-likeness (QED) is 0.661. The van der Waals surface area contributed by atoms with Gasteiger partial charge in [0.2, 0.25) is 0 Å². The molecule has 2 N–H and O–H groups in total. The van der Waals surface area contributed by atoms with E-state index in [2.05, 4.69) is 0 Å². The van der Waals surface area contributed by atoms with Crippen LogP contribution in [-0.2, 0) is 4.79 Å². The van der Waals surface area contributed by atoms with Crippen molar-refractivity contribution in [2.24, 2.45) is 5.41 Å². The van der Waals surface area contributed by atoms with Crippen molar-refractivity contribution < 1.29 is 15.0 Å². The van der Waals surface area contributed by atoms with Gasteiger partial charge in [0.1, 0.15) is 11.4 Å². The first kappa shape index (κ1) is 11.1. The standard InChI is InChI=1S/C11H15ClO3/c1-10-6-7(12)2-3-9(14)11(10,15)5-4-8(10)13/h2,9,14-15H,3-6H2,1H3/t9-,10-,11-/m1/s1. The van der Waals surface area contributed by atoms with Gasteiger partial charge in [-0.1, -0.05) is 17.7 Å². The average molecular weight is 231 g/mol. The first-order chi connectivity index (χ1) is 6.90. The third-order valence-corrected chi connectivity index (χ3v) is 4.23. The lowest BCUT2D eigenvalue weighted by Crippen LogP contribution is -2.52. The molecule has 0 unspecified atom stereocenters. The monoisotopic (exact) mass is 230 g/mol. The average Bonchev–Trinajstić information content (AvgIpc) is 2.35. The highest BCUT2D eigenvalue weighted by atomic mass is 35.5. The van der Waals surface area contributed by atoms with E-state index in [0.717, 1.165) is 0 Å². The molecule has 0 aromatic rings. The van der Waals surface area contributed by atoms with Crippen molar-refractivity contribution in [3.8, 4) is 0 Å². The van der Waals surface area contributed by atoms with Crippen LogP contribution in [0.4, 0.5) is 0 Å². The van der Waals surface area contributed by atoms with Crippen molar-refractivity contribution in [3.05, 3.63) is 11.1 Å². The van der Waals surface area contributed by atoms with Gasteiger partial charge in [-0.2, -0.15) is 0 Å². The number of aliphatic hydroxyl groups is 2. The number of halogens is 1. The topological polar surface area (TPSA) is 57.5 Å². The summed E-state index contributed by atoms with van der Waals surface area (Å²) in [5.41, 5.74) is -2.23. The molecule has 3 atom stereocenters. The largest absolute Gasteiger partial charge is 0.390 e. The van der Waals surface area contributed by atoms with Gasteiger partial charge in [-0.3, -0.25) is 4.79 Å². The summed E-state index contributed by atoms with van der Waals surface area (Å²) >= 11 is 5.96. The second kappa shape index (κ2) is 3.30. The molecule has 0 bridgehead atoms. The number of carbonyl (C=O) groups is 1. The van der Waals surface area contributed by atoms with Crippen LogP contribution in [0.5, 0.6) is 0 Å². The smallest absolute Gasteiger partial charge is 0.142 e. The van der Waals surface area contributed by atoms with Crippen LogP contribution < -0.4 is 0 Å². The first-order valence-corrected chi connectivity index (χ1v) is 5.56. The second-order valence-corrected chi connectivity index (χ2v) is 5.24. The summed E-state index contributed by atoms with van der Waals surface area (Å²) in [6.07, 6.45) is 2.11. The molecule has 15 heavy (non-hydrogen) atoms. The molecule has 4 heteroatoms. The Morgan fingerprint density at radius 2 is 2.27 bits per heavy atom. The Morgan fingerprint density at radius 1 is 1.60 bits per heavy atom. The summed E-state index contributed by atoms with van der Waals surface area (Å²) in [6, 6.07) is 0. The number of rotatable bonds is 0. The Balaban J connectivity index is 2.47. The lowest BCUT2D eigenvalue weighted by atomic mass is 9.71.